The van der Waals surface area contributed by atoms with Gasteiger partial charge >= 0.3 is 6.18 Å². The van der Waals surface area contributed by atoms with Crippen LogP contribution in [0.2, 0.25) is 0 Å². The highest BCUT2D eigenvalue weighted by atomic mass is 19.4. The molecule has 154 valence electrons. The molecule has 0 aromatic carbocycles. The molecule has 0 fully saturated rings. The van der Waals surface area contributed by atoms with Crippen LogP contribution in [0.15, 0.2) is 23.3 Å². The Bertz CT molecular complexity index is 812. The van der Waals surface area contributed by atoms with Gasteiger partial charge in [-0.1, -0.05) is 0 Å². The van der Waals surface area contributed by atoms with Gasteiger partial charge in [0.1, 0.15) is 5.82 Å². The third-order valence-corrected chi connectivity index (χ3v) is 4.22. The average molecular weight is 397 g/mol. The highest BCUT2D eigenvalue weighted by Crippen LogP contribution is 2.33. The van der Waals surface area contributed by atoms with Crippen molar-refractivity contribution in [1.82, 2.24) is 25.4 Å². The topological polar surface area (TPSA) is 79.2 Å². The molecule has 0 saturated carbocycles. The molecule has 0 radical (unpaired) electrons. The molecule has 0 aliphatic carbocycles. The number of aryl methyl sites for hydroxylation is 2. The molecule has 0 unspecified atom stereocenters. The average Bonchev–Trinajstić information content (AvgIpc) is 2.88. The predicted octanol–water partition coefficient (Wildman–Crippen LogP) is 2.62. The van der Waals surface area contributed by atoms with Crippen LogP contribution in [0.4, 0.5) is 19.0 Å². The van der Waals surface area contributed by atoms with E-state index in [1.54, 1.807) is 0 Å². The van der Waals surface area contributed by atoms with Crippen molar-refractivity contribution >= 4 is 11.8 Å². The lowest BCUT2D eigenvalue weighted by Crippen LogP contribution is -2.39. The summed E-state index contributed by atoms with van der Waals surface area (Å²) in [5.41, 5.74) is 2.25. The van der Waals surface area contributed by atoms with E-state index >= 15 is 0 Å². The second-order valence-corrected chi connectivity index (χ2v) is 6.22. The number of pyridine rings is 1. The zero-order valence-corrected chi connectivity index (χ0v) is 16.5. The summed E-state index contributed by atoms with van der Waals surface area (Å²) >= 11 is 0. The van der Waals surface area contributed by atoms with Gasteiger partial charge in [-0.15, -0.1) is 0 Å². The number of hydrogen-bond donors (Lipinski definition) is 3. The molecule has 3 N–H and O–H groups in total. The SMILES string of the molecule is CCNC(=NCc1c(C)nn(C)c1C)NCCNc1ncccc1C(F)(F)F. The Balaban J connectivity index is 1.94. The highest BCUT2D eigenvalue weighted by molar-refractivity contribution is 5.79. The van der Waals surface area contributed by atoms with E-state index in [0.717, 1.165) is 23.0 Å². The molecule has 0 amide bonds. The van der Waals surface area contributed by atoms with Gasteiger partial charge in [0.2, 0.25) is 0 Å². The van der Waals surface area contributed by atoms with E-state index in [0.29, 0.717) is 25.6 Å². The monoisotopic (exact) mass is 397 g/mol. The van der Waals surface area contributed by atoms with Crippen LogP contribution in [0.3, 0.4) is 0 Å². The number of halogens is 3. The van der Waals surface area contributed by atoms with Gasteiger partial charge in [-0.2, -0.15) is 18.3 Å². The Morgan fingerprint density at radius 2 is 1.96 bits per heavy atom. The van der Waals surface area contributed by atoms with Crippen LogP contribution in [0.1, 0.15) is 29.4 Å². The number of rotatable bonds is 7. The number of nitrogens with one attached hydrogen (secondary N) is 3. The van der Waals surface area contributed by atoms with Crippen LogP contribution in [-0.2, 0) is 19.8 Å². The molecule has 28 heavy (non-hydrogen) atoms. The molecule has 2 aromatic heterocycles. The maximum absolute atomic E-state index is 13.0. The minimum atomic E-state index is -4.44. The van der Waals surface area contributed by atoms with Gasteiger partial charge in [0.25, 0.3) is 0 Å². The third kappa shape index (κ3) is 5.61. The molecule has 2 heterocycles. The molecule has 0 saturated heterocycles. The Morgan fingerprint density at radius 1 is 1.21 bits per heavy atom. The summed E-state index contributed by atoms with van der Waals surface area (Å²) in [7, 11) is 1.89. The van der Waals surface area contributed by atoms with E-state index in [4.69, 9.17) is 0 Å². The lowest BCUT2D eigenvalue weighted by molar-refractivity contribution is -0.137. The fourth-order valence-electron chi connectivity index (χ4n) is 2.68. The summed E-state index contributed by atoms with van der Waals surface area (Å²) < 4.78 is 40.8. The summed E-state index contributed by atoms with van der Waals surface area (Å²) in [6.45, 7) is 7.64. The maximum Gasteiger partial charge on any atom is 0.419 e. The highest BCUT2D eigenvalue weighted by Gasteiger charge is 2.33. The second-order valence-electron chi connectivity index (χ2n) is 6.22. The van der Waals surface area contributed by atoms with Gasteiger partial charge in [-0.25, -0.2) is 9.98 Å². The Labute approximate surface area is 162 Å². The van der Waals surface area contributed by atoms with Crippen LogP contribution in [0.25, 0.3) is 0 Å². The van der Waals surface area contributed by atoms with E-state index in [1.165, 1.54) is 12.3 Å². The first kappa shape index (κ1) is 21.5. The fraction of sp³-hybridized carbons (Fsp3) is 0.500. The van der Waals surface area contributed by atoms with Gasteiger partial charge in [0, 0.05) is 44.1 Å². The first-order valence-electron chi connectivity index (χ1n) is 9.01. The molecule has 7 nitrogen and oxygen atoms in total. The number of alkyl halides is 3. The van der Waals surface area contributed by atoms with E-state index in [1.807, 2.05) is 32.5 Å². The summed E-state index contributed by atoms with van der Waals surface area (Å²) in [5.74, 6) is 0.407. The summed E-state index contributed by atoms with van der Waals surface area (Å²) in [5, 5.41) is 13.3. The zero-order chi connectivity index (χ0) is 20.7. The number of anilines is 1. The standard InChI is InChI=1S/C18H26F3N7/c1-5-22-17(26-11-14-12(2)27-28(4)13(14)3)25-10-9-24-16-15(18(19,20)21)7-6-8-23-16/h6-8H,5,9-11H2,1-4H3,(H,23,24)(H2,22,25,26). The zero-order valence-electron chi connectivity index (χ0n) is 16.5. The van der Waals surface area contributed by atoms with E-state index in [9.17, 15) is 13.2 Å². The predicted molar refractivity (Wildman–Crippen MR) is 103 cm³/mol. The molecule has 0 aliphatic heterocycles. The second kappa shape index (κ2) is 9.43. The van der Waals surface area contributed by atoms with E-state index < -0.39 is 11.7 Å². The summed E-state index contributed by atoms with van der Waals surface area (Å²) in [6, 6.07) is 2.28. The number of nitrogens with zero attached hydrogens (tertiary/aromatic N) is 4. The van der Waals surface area contributed by atoms with Crippen LogP contribution >= 0.6 is 0 Å². The molecule has 2 rings (SSSR count). The molecule has 0 atom stereocenters. The largest absolute Gasteiger partial charge is 0.419 e. The van der Waals surface area contributed by atoms with Gasteiger partial charge in [0.15, 0.2) is 5.96 Å². The molecular weight excluding hydrogens is 371 g/mol. The number of guanidine groups is 1. The van der Waals surface area contributed by atoms with Crippen LogP contribution < -0.4 is 16.0 Å². The molecule has 0 spiro atoms. The molecular formula is C18H26F3N7. The van der Waals surface area contributed by atoms with E-state index in [2.05, 4.69) is 31.0 Å². The number of aliphatic imine (C=N–C) groups is 1. The molecule has 2 aromatic rings. The quantitative estimate of drug-likeness (QED) is 0.380. The Morgan fingerprint density at radius 3 is 2.57 bits per heavy atom. The lowest BCUT2D eigenvalue weighted by Gasteiger charge is -2.15. The van der Waals surface area contributed by atoms with Crippen molar-refractivity contribution in [3.8, 4) is 0 Å². The Kier molecular flexibility index (Phi) is 7.24. The van der Waals surface area contributed by atoms with Gasteiger partial charge in [-0.05, 0) is 32.9 Å². The minimum Gasteiger partial charge on any atom is -0.368 e. The van der Waals surface area contributed by atoms with Crippen molar-refractivity contribution < 1.29 is 13.2 Å². The normalized spacial score (nSPS) is 12.2. The van der Waals surface area contributed by atoms with Crippen LogP contribution in [0, 0.1) is 13.8 Å². The van der Waals surface area contributed by atoms with Crippen molar-refractivity contribution in [2.75, 3.05) is 25.0 Å². The number of hydrogen-bond acceptors (Lipinski definition) is 4. The first-order chi connectivity index (χ1) is 13.2. The van der Waals surface area contributed by atoms with Gasteiger partial charge < -0.3 is 16.0 Å². The molecule has 0 bridgehead atoms. The summed E-state index contributed by atoms with van der Waals surface area (Å²) in [4.78, 5) is 8.32. The van der Waals surface area contributed by atoms with Crippen LogP contribution in [0.5, 0.6) is 0 Å². The van der Waals surface area contributed by atoms with Crippen molar-refractivity contribution in [2.24, 2.45) is 12.0 Å². The van der Waals surface area contributed by atoms with Gasteiger partial charge in [0.05, 0.1) is 17.8 Å². The minimum absolute atomic E-state index is 0.180. The first-order valence-corrected chi connectivity index (χ1v) is 9.01. The van der Waals surface area contributed by atoms with Gasteiger partial charge in [-0.3, -0.25) is 4.68 Å². The Hall–Kier alpha value is -2.78. The number of aromatic nitrogens is 3. The van der Waals surface area contributed by atoms with Crippen molar-refractivity contribution in [2.45, 2.75) is 33.5 Å². The maximum atomic E-state index is 13.0. The van der Waals surface area contributed by atoms with Crippen molar-refractivity contribution in [1.29, 1.82) is 0 Å². The van der Waals surface area contributed by atoms with Crippen molar-refractivity contribution in [3.05, 3.63) is 40.8 Å². The fourth-order valence-corrected chi connectivity index (χ4v) is 2.68. The van der Waals surface area contributed by atoms with Crippen LogP contribution in [-0.4, -0.2) is 40.4 Å². The molecule has 10 heteroatoms. The lowest BCUT2D eigenvalue weighted by atomic mass is 10.2. The summed E-state index contributed by atoms with van der Waals surface area (Å²) in [6.07, 6.45) is -3.12. The smallest absolute Gasteiger partial charge is 0.368 e. The van der Waals surface area contributed by atoms with E-state index in [-0.39, 0.29) is 12.4 Å². The third-order valence-electron chi connectivity index (χ3n) is 4.22. The van der Waals surface area contributed by atoms with Crippen molar-refractivity contribution in [3.63, 3.8) is 0 Å². The molecule has 0 aliphatic rings.